The van der Waals surface area contributed by atoms with Crippen LogP contribution in [-0.2, 0) is 9.59 Å². The predicted molar refractivity (Wildman–Crippen MR) is 90.2 cm³/mol. The van der Waals surface area contributed by atoms with Crippen LogP contribution in [0.2, 0.25) is 0 Å². The molecule has 0 saturated heterocycles. The smallest absolute Gasteiger partial charge is 0.353 e. The van der Waals surface area contributed by atoms with E-state index in [-0.39, 0.29) is 0 Å². The van der Waals surface area contributed by atoms with Gasteiger partial charge in [-0.2, -0.15) is 5.10 Å². The topological polar surface area (TPSA) is 116 Å². The van der Waals surface area contributed by atoms with Crippen molar-refractivity contribution < 1.29 is 29.3 Å². The Morgan fingerprint density at radius 2 is 1.72 bits per heavy atom. The van der Waals surface area contributed by atoms with Gasteiger partial charge in [-0.1, -0.05) is 6.07 Å². The number of carboxylic acid groups (broad SMARTS) is 2. The summed E-state index contributed by atoms with van der Waals surface area (Å²) in [6, 6.07) is 9.76. The van der Waals surface area contributed by atoms with Crippen molar-refractivity contribution >= 4 is 35.5 Å². The molecule has 2 aromatic rings. The molecule has 0 aliphatic rings. The van der Waals surface area contributed by atoms with Crippen molar-refractivity contribution in [2.24, 2.45) is 5.10 Å². The van der Waals surface area contributed by atoms with Crippen LogP contribution in [0.3, 0.4) is 0 Å². The maximum atomic E-state index is 11.8. The Morgan fingerprint density at radius 3 is 2.24 bits per heavy atom. The molecule has 1 heterocycles. The van der Waals surface area contributed by atoms with Crippen LogP contribution in [0.15, 0.2) is 46.9 Å². The van der Waals surface area contributed by atoms with Crippen LogP contribution in [0.4, 0.5) is 0 Å². The van der Waals surface area contributed by atoms with Crippen LogP contribution in [0, 0.1) is 0 Å². The van der Waals surface area contributed by atoms with Gasteiger partial charge in [0.25, 0.3) is 0 Å². The van der Waals surface area contributed by atoms with Crippen LogP contribution >= 0.6 is 11.3 Å². The summed E-state index contributed by atoms with van der Waals surface area (Å²) in [6.07, 6.45) is 1.33. The van der Waals surface area contributed by atoms with Crippen LogP contribution in [0.1, 0.15) is 15.2 Å². The molecule has 1 aromatic carbocycles. The number of carbonyl (C=O) groups is 3. The molecule has 9 heteroatoms. The summed E-state index contributed by atoms with van der Waals surface area (Å²) in [5.41, 5.74) is 0.594. The number of nitrogens with zero attached hydrogens (tertiary/aromatic N) is 2. The highest BCUT2D eigenvalue weighted by atomic mass is 32.1. The Bertz CT molecular complexity index is 754. The third kappa shape index (κ3) is 6.07. The Hall–Kier alpha value is -3.20. The van der Waals surface area contributed by atoms with E-state index in [4.69, 9.17) is 14.9 Å². The fourth-order valence-electron chi connectivity index (χ4n) is 1.77. The lowest BCUT2D eigenvalue weighted by Crippen LogP contribution is -2.30. The van der Waals surface area contributed by atoms with Gasteiger partial charge in [0.2, 0.25) is 0 Å². The minimum Gasteiger partial charge on any atom is -0.480 e. The maximum Gasteiger partial charge on any atom is 0.353 e. The molecule has 130 valence electrons. The molecule has 0 radical (unpaired) electrons. The number of rotatable bonds is 8. The number of ether oxygens (including phenoxy) is 1. The number of aliphatic carboxylic acids is 2. The van der Waals surface area contributed by atoms with E-state index >= 15 is 0 Å². The molecule has 0 aliphatic carbocycles. The number of benzene rings is 1. The average Bonchev–Trinajstić information content (AvgIpc) is 3.07. The molecule has 8 nitrogen and oxygen atoms in total. The number of hydrogen-bond acceptors (Lipinski definition) is 7. The number of thiophene rings is 1. The number of hydrazone groups is 1. The van der Waals surface area contributed by atoms with Crippen molar-refractivity contribution in [1.29, 1.82) is 0 Å². The average molecular weight is 362 g/mol. The summed E-state index contributed by atoms with van der Waals surface area (Å²) < 4.78 is 5.21. The Kier molecular flexibility index (Phi) is 6.24. The molecule has 0 spiro atoms. The van der Waals surface area contributed by atoms with Crippen LogP contribution in [0.25, 0.3) is 0 Å². The van der Waals surface area contributed by atoms with E-state index in [9.17, 15) is 14.4 Å². The van der Waals surface area contributed by atoms with Gasteiger partial charge in [0.05, 0.1) is 6.21 Å². The van der Waals surface area contributed by atoms with Gasteiger partial charge in [0.1, 0.15) is 23.7 Å². The predicted octanol–water partition coefficient (Wildman–Crippen LogP) is 1.77. The molecule has 0 amide bonds. The lowest BCUT2D eigenvalue weighted by Gasteiger charge is -2.13. The fraction of sp³-hybridized carbons (Fsp3) is 0.125. The summed E-state index contributed by atoms with van der Waals surface area (Å²) in [4.78, 5) is 33.7. The lowest BCUT2D eigenvalue weighted by molar-refractivity contribution is -0.141. The molecule has 0 fully saturated rings. The van der Waals surface area contributed by atoms with Crippen molar-refractivity contribution in [3.8, 4) is 5.75 Å². The quantitative estimate of drug-likeness (QED) is 0.318. The van der Waals surface area contributed by atoms with E-state index in [1.807, 2.05) is 0 Å². The van der Waals surface area contributed by atoms with Crippen LogP contribution in [0.5, 0.6) is 5.75 Å². The van der Waals surface area contributed by atoms with Crippen molar-refractivity contribution in [3.05, 3.63) is 52.2 Å². The molecule has 0 aliphatic heterocycles. The SMILES string of the molecule is O=C(O)CN(CC(=O)O)/N=C\c1ccc(OC(=O)c2cccs2)cc1. The number of esters is 1. The van der Waals surface area contributed by atoms with E-state index in [2.05, 4.69) is 5.10 Å². The minimum absolute atomic E-state index is 0.350. The molecule has 2 rings (SSSR count). The van der Waals surface area contributed by atoms with E-state index < -0.39 is 31.0 Å². The molecule has 1 aromatic heterocycles. The number of carboxylic acids is 2. The Morgan fingerprint density at radius 1 is 1.08 bits per heavy atom. The molecular weight excluding hydrogens is 348 g/mol. The molecule has 2 N–H and O–H groups in total. The maximum absolute atomic E-state index is 11.8. The van der Waals surface area contributed by atoms with Gasteiger partial charge in [-0.05, 0) is 41.3 Å². The molecule has 0 saturated carbocycles. The fourth-order valence-corrected chi connectivity index (χ4v) is 2.37. The second kappa shape index (κ2) is 8.60. The van der Waals surface area contributed by atoms with Crippen LogP contribution in [-0.4, -0.2) is 52.4 Å². The molecular formula is C16H14N2O6S. The van der Waals surface area contributed by atoms with E-state index in [0.717, 1.165) is 5.01 Å². The highest BCUT2D eigenvalue weighted by molar-refractivity contribution is 7.12. The molecule has 0 unspecified atom stereocenters. The standard InChI is InChI=1S/C16H14N2O6S/c19-14(20)9-18(10-15(21)22)17-8-11-3-5-12(6-4-11)24-16(23)13-2-1-7-25-13/h1-8H,9-10H2,(H,19,20)(H,21,22)/b17-8-. The van der Waals surface area contributed by atoms with Crippen molar-refractivity contribution in [2.75, 3.05) is 13.1 Å². The minimum atomic E-state index is -1.19. The Balaban J connectivity index is 1.99. The second-order valence-electron chi connectivity index (χ2n) is 4.79. The zero-order valence-electron chi connectivity index (χ0n) is 12.9. The first-order valence-electron chi connectivity index (χ1n) is 7.02. The second-order valence-corrected chi connectivity index (χ2v) is 5.74. The molecule has 0 bridgehead atoms. The molecule has 25 heavy (non-hydrogen) atoms. The van der Waals surface area contributed by atoms with E-state index in [1.54, 1.807) is 41.8 Å². The highest BCUT2D eigenvalue weighted by Gasteiger charge is 2.11. The van der Waals surface area contributed by atoms with Gasteiger partial charge in [-0.25, -0.2) is 4.79 Å². The van der Waals surface area contributed by atoms with Crippen LogP contribution < -0.4 is 4.74 Å². The van der Waals surface area contributed by atoms with Gasteiger partial charge in [0, 0.05) is 0 Å². The van der Waals surface area contributed by atoms with Gasteiger partial charge >= 0.3 is 17.9 Å². The van der Waals surface area contributed by atoms with Crippen molar-refractivity contribution in [1.82, 2.24) is 5.01 Å². The summed E-state index contributed by atoms with van der Waals surface area (Å²) in [5.74, 6) is -2.47. The van der Waals surface area contributed by atoms with Gasteiger partial charge < -0.3 is 14.9 Å². The van der Waals surface area contributed by atoms with Crippen molar-refractivity contribution in [2.45, 2.75) is 0 Å². The number of carbonyl (C=O) groups excluding carboxylic acids is 1. The monoisotopic (exact) mass is 362 g/mol. The summed E-state index contributed by atoms with van der Waals surface area (Å²) in [5, 5.41) is 24.0. The normalized spacial score (nSPS) is 10.6. The third-order valence-electron chi connectivity index (χ3n) is 2.82. The first kappa shape index (κ1) is 18.1. The Labute approximate surface area is 146 Å². The van der Waals surface area contributed by atoms with Crippen molar-refractivity contribution in [3.63, 3.8) is 0 Å². The highest BCUT2D eigenvalue weighted by Crippen LogP contribution is 2.16. The third-order valence-corrected chi connectivity index (χ3v) is 3.67. The zero-order chi connectivity index (χ0) is 18.2. The summed E-state index contributed by atoms with van der Waals surface area (Å²) in [6.45, 7) is -1.06. The van der Waals surface area contributed by atoms with E-state index in [1.165, 1.54) is 17.6 Å². The number of hydrogen-bond donors (Lipinski definition) is 2. The first-order valence-corrected chi connectivity index (χ1v) is 7.90. The van der Waals surface area contributed by atoms with Gasteiger partial charge in [0.15, 0.2) is 0 Å². The van der Waals surface area contributed by atoms with Gasteiger partial charge in [-0.3, -0.25) is 14.6 Å². The summed E-state index contributed by atoms with van der Waals surface area (Å²) in [7, 11) is 0. The zero-order valence-corrected chi connectivity index (χ0v) is 13.7. The summed E-state index contributed by atoms with van der Waals surface area (Å²) >= 11 is 1.28. The van der Waals surface area contributed by atoms with E-state index in [0.29, 0.717) is 16.2 Å². The lowest BCUT2D eigenvalue weighted by atomic mass is 10.2. The largest absolute Gasteiger partial charge is 0.480 e. The molecule has 0 atom stereocenters. The van der Waals surface area contributed by atoms with Gasteiger partial charge in [-0.15, -0.1) is 11.3 Å². The first-order chi connectivity index (χ1) is 11.9.